The Labute approximate surface area is 128 Å². The van der Waals surface area contributed by atoms with Crippen LogP contribution in [0.3, 0.4) is 0 Å². The smallest absolute Gasteiger partial charge is 0.259 e. The Morgan fingerprint density at radius 3 is 2.91 bits per heavy atom. The van der Waals surface area contributed by atoms with Gasteiger partial charge in [-0.15, -0.1) is 0 Å². The number of alkyl halides is 2. The molecule has 1 fully saturated rings. The summed E-state index contributed by atoms with van der Waals surface area (Å²) in [4.78, 5) is 3.78. The Kier molecular flexibility index (Phi) is 3.23. The molecule has 2 aromatic heterocycles. The first-order valence-corrected chi connectivity index (χ1v) is 6.61. The molecule has 3 rings (SSSR count). The van der Waals surface area contributed by atoms with E-state index in [1.165, 1.54) is 12.1 Å². The van der Waals surface area contributed by atoms with Crippen molar-refractivity contribution in [2.75, 3.05) is 12.3 Å². The first-order valence-electron chi connectivity index (χ1n) is 6.23. The van der Waals surface area contributed by atoms with Gasteiger partial charge in [0.2, 0.25) is 5.60 Å². The minimum absolute atomic E-state index is 0.0633. The van der Waals surface area contributed by atoms with Gasteiger partial charge >= 0.3 is 0 Å². The van der Waals surface area contributed by atoms with Crippen molar-refractivity contribution in [3.05, 3.63) is 24.2 Å². The SMILES string of the molecule is N#C[C@@]1(c2ccc3c(N)ncnn23)O[C@H](CO)C(O)C1(F)Cl. The predicted molar refractivity (Wildman–Crippen MR) is 72.3 cm³/mol. The highest BCUT2D eigenvalue weighted by Crippen LogP contribution is 2.52. The average Bonchev–Trinajstić information content (AvgIpc) is 3.01. The number of aliphatic hydroxyl groups is 2. The number of aromatic nitrogens is 3. The summed E-state index contributed by atoms with van der Waals surface area (Å²) in [6.45, 7) is -0.705. The molecule has 0 saturated carbocycles. The number of aliphatic hydroxyl groups excluding tert-OH is 2. The van der Waals surface area contributed by atoms with Crippen LogP contribution in [0.1, 0.15) is 5.69 Å². The number of nitriles is 1. The summed E-state index contributed by atoms with van der Waals surface area (Å²) in [7, 11) is 0. The van der Waals surface area contributed by atoms with Gasteiger partial charge in [0, 0.05) is 0 Å². The number of rotatable bonds is 2. The van der Waals surface area contributed by atoms with Gasteiger partial charge in [-0.05, 0) is 12.1 Å². The number of anilines is 1. The maximum absolute atomic E-state index is 14.9. The van der Waals surface area contributed by atoms with Crippen molar-refractivity contribution in [1.29, 1.82) is 5.26 Å². The van der Waals surface area contributed by atoms with Crippen molar-refractivity contribution >= 4 is 22.9 Å². The Morgan fingerprint density at radius 2 is 2.32 bits per heavy atom. The molecule has 2 aromatic rings. The molecular weight excluding hydrogens is 317 g/mol. The Balaban J connectivity index is 2.27. The third-order valence-corrected chi connectivity index (χ3v) is 4.19. The molecule has 1 aliphatic rings. The van der Waals surface area contributed by atoms with Crippen LogP contribution in [-0.2, 0) is 10.3 Å². The quantitative estimate of drug-likeness (QED) is 0.645. The van der Waals surface area contributed by atoms with E-state index in [0.29, 0.717) is 5.52 Å². The van der Waals surface area contributed by atoms with Gasteiger partial charge in [-0.2, -0.15) is 10.4 Å². The van der Waals surface area contributed by atoms with Crippen LogP contribution in [0.2, 0.25) is 0 Å². The fourth-order valence-corrected chi connectivity index (χ4v) is 2.88. The van der Waals surface area contributed by atoms with E-state index in [-0.39, 0.29) is 11.5 Å². The highest BCUT2D eigenvalue weighted by Gasteiger charge is 2.69. The molecule has 10 heteroatoms. The number of hydrogen-bond acceptors (Lipinski definition) is 7. The lowest BCUT2D eigenvalue weighted by atomic mass is 9.93. The number of halogens is 2. The zero-order chi connectivity index (χ0) is 16.1. The largest absolute Gasteiger partial charge is 0.394 e. The second-order valence-electron chi connectivity index (χ2n) is 4.86. The molecule has 1 aliphatic heterocycles. The van der Waals surface area contributed by atoms with Gasteiger partial charge in [0.25, 0.3) is 5.13 Å². The molecule has 8 nitrogen and oxygen atoms in total. The summed E-state index contributed by atoms with van der Waals surface area (Å²) in [5, 5.41) is 29.5. The normalized spacial score (nSPS) is 34.9. The first kappa shape index (κ1) is 14.9. The van der Waals surface area contributed by atoms with Gasteiger partial charge in [0.1, 0.15) is 30.1 Å². The van der Waals surface area contributed by atoms with Crippen LogP contribution >= 0.6 is 11.6 Å². The fourth-order valence-electron chi connectivity index (χ4n) is 2.56. The Morgan fingerprint density at radius 1 is 1.59 bits per heavy atom. The van der Waals surface area contributed by atoms with E-state index >= 15 is 0 Å². The summed E-state index contributed by atoms with van der Waals surface area (Å²) in [5.41, 5.74) is 3.58. The molecule has 0 amide bonds. The maximum atomic E-state index is 14.9. The third kappa shape index (κ3) is 1.66. The second-order valence-corrected chi connectivity index (χ2v) is 5.41. The maximum Gasteiger partial charge on any atom is 0.259 e. The lowest BCUT2D eigenvalue weighted by Gasteiger charge is -2.28. The molecule has 1 saturated heterocycles. The minimum atomic E-state index is -2.98. The van der Waals surface area contributed by atoms with Crippen molar-refractivity contribution in [3.63, 3.8) is 0 Å². The van der Waals surface area contributed by atoms with Gasteiger partial charge in [-0.25, -0.2) is 13.9 Å². The van der Waals surface area contributed by atoms with Crippen LogP contribution in [0.15, 0.2) is 18.5 Å². The molecule has 116 valence electrons. The summed E-state index contributed by atoms with van der Waals surface area (Å²) in [6, 6.07) is 4.48. The Bertz CT molecular complexity index is 776. The number of ether oxygens (including phenoxy) is 1. The molecule has 22 heavy (non-hydrogen) atoms. The zero-order valence-corrected chi connectivity index (χ0v) is 11.8. The highest BCUT2D eigenvalue weighted by molar-refractivity contribution is 6.24. The standard InChI is InChI=1S/C12H11ClFN5O3/c13-12(14)9(21)7(3-20)22-11(12,4-15)8-2-1-6-10(16)17-5-18-19(6)8/h1-2,5,7,9,20-21H,3H2,(H2,16,17,18)/t7-,9?,11+,12?/m1/s1. The van der Waals surface area contributed by atoms with Crippen LogP contribution in [-0.4, -0.2) is 48.8 Å². The van der Waals surface area contributed by atoms with E-state index in [2.05, 4.69) is 10.1 Å². The average molecular weight is 328 g/mol. The topological polar surface area (TPSA) is 130 Å². The number of nitrogens with zero attached hydrogens (tertiary/aromatic N) is 4. The van der Waals surface area contributed by atoms with Gasteiger partial charge in [-0.1, -0.05) is 11.6 Å². The Hall–Kier alpha value is -1.99. The molecule has 2 unspecified atom stereocenters. The summed E-state index contributed by atoms with van der Waals surface area (Å²) in [6.07, 6.45) is -2.13. The van der Waals surface area contributed by atoms with Crippen LogP contribution in [0.4, 0.5) is 10.2 Å². The van der Waals surface area contributed by atoms with Crippen molar-refractivity contribution in [1.82, 2.24) is 14.6 Å². The van der Waals surface area contributed by atoms with Crippen molar-refractivity contribution in [2.45, 2.75) is 22.9 Å². The van der Waals surface area contributed by atoms with Crippen molar-refractivity contribution in [2.24, 2.45) is 0 Å². The van der Waals surface area contributed by atoms with Crippen molar-refractivity contribution < 1.29 is 19.3 Å². The van der Waals surface area contributed by atoms with E-state index in [1.807, 2.05) is 0 Å². The summed E-state index contributed by atoms with van der Waals surface area (Å²) >= 11 is 5.78. The van der Waals surface area contributed by atoms with E-state index in [1.54, 1.807) is 6.07 Å². The monoisotopic (exact) mass is 327 g/mol. The molecule has 4 atom stereocenters. The van der Waals surface area contributed by atoms with Crippen LogP contribution < -0.4 is 5.73 Å². The predicted octanol–water partition coefficient (Wildman–Crippen LogP) is -0.313. The highest BCUT2D eigenvalue weighted by atomic mass is 35.5. The molecular formula is C12H11ClFN5O3. The van der Waals surface area contributed by atoms with E-state index in [0.717, 1.165) is 10.8 Å². The zero-order valence-electron chi connectivity index (χ0n) is 11.0. The molecule has 0 bridgehead atoms. The van der Waals surface area contributed by atoms with E-state index in [4.69, 9.17) is 22.1 Å². The van der Waals surface area contributed by atoms with Crippen LogP contribution in [0, 0.1) is 11.3 Å². The third-order valence-electron chi connectivity index (χ3n) is 3.70. The van der Waals surface area contributed by atoms with E-state index < -0.39 is 29.5 Å². The van der Waals surface area contributed by atoms with E-state index in [9.17, 15) is 19.9 Å². The van der Waals surface area contributed by atoms with Gasteiger partial charge < -0.3 is 20.7 Å². The summed E-state index contributed by atoms with van der Waals surface area (Å²) in [5.74, 6) is 0.116. The molecule has 3 heterocycles. The number of nitrogens with two attached hydrogens (primary N) is 1. The van der Waals surface area contributed by atoms with Gasteiger partial charge in [-0.3, -0.25) is 0 Å². The molecule has 4 N–H and O–H groups in total. The van der Waals surface area contributed by atoms with Crippen LogP contribution in [0.5, 0.6) is 0 Å². The first-order chi connectivity index (χ1) is 10.4. The second kappa shape index (κ2) is 4.76. The van der Waals surface area contributed by atoms with Crippen LogP contribution in [0.25, 0.3) is 5.52 Å². The van der Waals surface area contributed by atoms with Gasteiger partial charge in [0.15, 0.2) is 5.82 Å². The summed E-state index contributed by atoms with van der Waals surface area (Å²) < 4.78 is 21.4. The van der Waals surface area contributed by atoms with Gasteiger partial charge in [0.05, 0.1) is 12.3 Å². The number of fused-ring (bicyclic) bond motifs is 1. The molecule has 0 spiro atoms. The lowest BCUT2D eigenvalue weighted by Crippen LogP contribution is -2.46. The molecule has 0 aromatic carbocycles. The fraction of sp³-hybridized carbons (Fsp3) is 0.417. The minimum Gasteiger partial charge on any atom is -0.394 e. The molecule has 0 radical (unpaired) electrons. The number of nitrogen functional groups attached to an aromatic ring is 1. The van der Waals surface area contributed by atoms with Crippen molar-refractivity contribution in [3.8, 4) is 6.07 Å². The number of hydrogen-bond donors (Lipinski definition) is 3. The molecule has 0 aliphatic carbocycles. The lowest BCUT2D eigenvalue weighted by molar-refractivity contribution is -0.0603.